The number of benzene rings is 1. The van der Waals surface area contributed by atoms with Gasteiger partial charge >= 0.3 is 0 Å². The van der Waals surface area contributed by atoms with E-state index in [1.807, 2.05) is 7.05 Å². The Balaban J connectivity index is 0.00000242. The number of sulfonamides is 1. The van der Waals surface area contributed by atoms with Gasteiger partial charge in [-0.05, 0) is 48.0 Å². The van der Waals surface area contributed by atoms with E-state index in [9.17, 15) is 8.42 Å². The second kappa shape index (κ2) is 8.17. The highest BCUT2D eigenvalue weighted by atomic mass is 79.9. The molecular formula is C13H19BrCl2N2O3S. The van der Waals surface area contributed by atoms with Gasteiger partial charge in [0.2, 0.25) is 10.0 Å². The molecule has 1 fully saturated rings. The molecule has 1 heterocycles. The van der Waals surface area contributed by atoms with E-state index < -0.39 is 10.0 Å². The van der Waals surface area contributed by atoms with Crippen LogP contribution in [0.15, 0.2) is 21.5 Å². The molecule has 0 radical (unpaired) electrons. The molecule has 0 amide bonds. The van der Waals surface area contributed by atoms with Crippen LogP contribution in [0.3, 0.4) is 0 Å². The van der Waals surface area contributed by atoms with Crippen LogP contribution >= 0.6 is 39.9 Å². The van der Waals surface area contributed by atoms with Crippen LogP contribution in [0.1, 0.15) is 12.8 Å². The van der Waals surface area contributed by atoms with Crippen molar-refractivity contribution in [3.05, 3.63) is 21.6 Å². The second-order valence-electron chi connectivity index (χ2n) is 4.91. The number of nitrogens with one attached hydrogen (secondary N) is 1. The first-order chi connectivity index (χ1) is 9.90. The molecular weight excluding hydrogens is 415 g/mol. The Morgan fingerprint density at radius 2 is 2.14 bits per heavy atom. The number of nitrogens with zero attached hydrogens (tertiary/aromatic N) is 1. The average molecular weight is 434 g/mol. The van der Waals surface area contributed by atoms with E-state index >= 15 is 0 Å². The molecule has 1 aromatic rings. The first-order valence-corrected chi connectivity index (χ1v) is 9.21. The lowest BCUT2D eigenvalue weighted by atomic mass is 10.1. The monoisotopic (exact) mass is 432 g/mol. The maximum absolute atomic E-state index is 12.8. The molecule has 0 spiro atoms. The molecule has 2 rings (SSSR count). The fraction of sp³-hybridized carbons (Fsp3) is 0.538. The van der Waals surface area contributed by atoms with Crippen molar-refractivity contribution < 1.29 is 13.2 Å². The predicted molar refractivity (Wildman–Crippen MR) is 93.8 cm³/mol. The summed E-state index contributed by atoms with van der Waals surface area (Å²) in [5, 5.41) is 3.42. The zero-order valence-corrected chi connectivity index (χ0v) is 16.3. The average Bonchev–Trinajstić information content (AvgIpc) is 2.49. The SMILES string of the molecule is CNC1CCCN(S(=O)(=O)c2cc(Cl)c(OC)cc2Br)C1.Cl. The number of methoxy groups -OCH3 is 1. The molecule has 0 saturated carbocycles. The Bertz CT molecular complexity index is 628. The molecule has 1 aliphatic rings. The Hall–Kier alpha value is -0.0500. The van der Waals surface area contributed by atoms with Gasteiger partial charge in [-0.1, -0.05) is 11.6 Å². The minimum Gasteiger partial charge on any atom is -0.495 e. The number of rotatable bonds is 4. The third-order valence-corrected chi connectivity index (χ3v) is 6.74. The molecule has 9 heteroatoms. The van der Waals surface area contributed by atoms with Crippen LogP contribution in [-0.2, 0) is 10.0 Å². The number of hydrogen-bond acceptors (Lipinski definition) is 4. The summed E-state index contributed by atoms with van der Waals surface area (Å²) >= 11 is 9.36. The fourth-order valence-corrected chi connectivity index (χ4v) is 5.24. The lowest BCUT2D eigenvalue weighted by molar-refractivity contribution is 0.292. The van der Waals surface area contributed by atoms with Crippen molar-refractivity contribution in [2.24, 2.45) is 0 Å². The van der Waals surface area contributed by atoms with E-state index in [4.69, 9.17) is 16.3 Å². The maximum Gasteiger partial charge on any atom is 0.244 e. The Kier molecular flexibility index (Phi) is 7.42. The smallest absolute Gasteiger partial charge is 0.244 e. The van der Waals surface area contributed by atoms with E-state index in [0.29, 0.717) is 23.3 Å². The zero-order chi connectivity index (χ0) is 15.6. The van der Waals surface area contributed by atoms with Crippen LogP contribution in [0.4, 0.5) is 0 Å². The Labute approximate surface area is 150 Å². The molecule has 1 N–H and O–H groups in total. The van der Waals surface area contributed by atoms with Gasteiger partial charge in [0.1, 0.15) is 5.75 Å². The third-order valence-electron chi connectivity index (χ3n) is 3.62. The molecule has 1 atom stereocenters. The highest BCUT2D eigenvalue weighted by Crippen LogP contribution is 2.35. The third kappa shape index (κ3) is 4.07. The molecule has 1 aliphatic heterocycles. The first-order valence-electron chi connectivity index (χ1n) is 6.60. The van der Waals surface area contributed by atoms with Gasteiger partial charge in [-0.15, -0.1) is 12.4 Å². The molecule has 0 bridgehead atoms. The molecule has 1 unspecified atom stereocenters. The summed E-state index contributed by atoms with van der Waals surface area (Å²) in [5.41, 5.74) is 0. The number of likely N-dealkylation sites (N-methyl/N-ethyl adjacent to an activating group) is 1. The molecule has 5 nitrogen and oxygen atoms in total. The van der Waals surface area contributed by atoms with Gasteiger partial charge < -0.3 is 10.1 Å². The standard InChI is InChI=1S/C13H18BrClN2O3S.ClH/c1-16-9-4-3-5-17(8-9)21(18,19)13-7-11(15)12(20-2)6-10(13)14;/h6-7,9,16H,3-5,8H2,1-2H3;1H. The van der Waals surface area contributed by atoms with Crippen molar-refractivity contribution in [1.82, 2.24) is 9.62 Å². The van der Waals surface area contributed by atoms with Gasteiger partial charge in [-0.25, -0.2) is 8.42 Å². The molecule has 1 aromatic carbocycles. The second-order valence-corrected chi connectivity index (χ2v) is 8.08. The van der Waals surface area contributed by atoms with E-state index in [1.54, 1.807) is 6.07 Å². The van der Waals surface area contributed by atoms with E-state index in [1.165, 1.54) is 17.5 Å². The van der Waals surface area contributed by atoms with Crippen molar-refractivity contribution in [2.45, 2.75) is 23.8 Å². The van der Waals surface area contributed by atoms with Crippen molar-refractivity contribution in [3.8, 4) is 5.75 Å². The normalized spacial score (nSPS) is 19.5. The van der Waals surface area contributed by atoms with Gasteiger partial charge in [0.15, 0.2) is 0 Å². The topological polar surface area (TPSA) is 58.6 Å². The number of halogens is 3. The van der Waals surface area contributed by atoms with E-state index in [2.05, 4.69) is 21.2 Å². The Morgan fingerprint density at radius 3 is 2.73 bits per heavy atom. The molecule has 22 heavy (non-hydrogen) atoms. The van der Waals surface area contributed by atoms with Crippen LogP contribution in [0.25, 0.3) is 0 Å². The summed E-state index contributed by atoms with van der Waals surface area (Å²) in [6.07, 6.45) is 1.82. The van der Waals surface area contributed by atoms with Gasteiger partial charge in [-0.2, -0.15) is 4.31 Å². The van der Waals surface area contributed by atoms with Crippen LogP contribution in [0.5, 0.6) is 5.75 Å². The largest absolute Gasteiger partial charge is 0.495 e. The summed E-state index contributed by atoms with van der Waals surface area (Å²) in [6.45, 7) is 0.992. The maximum atomic E-state index is 12.8. The molecule has 0 aromatic heterocycles. The van der Waals surface area contributed by atoms with Gasteiger partial charge in [-0.3, -0.25) is 0 Å². The van der Waals surface area contributed by atoms with E-state index in [-0.39, 0.29) is 28.4 Å². The van der Waals surface area contributed by atoms with Gasteiger partial charge in [0.25, 0.3) is 0 Å². The summed E-state index contributed by atoms with van der Waals surface area (Å²) in [4.78, 5) is 0.171. The zero-order valence-electron chi connectivity index (χ0n) is 12.3. The summed E-state index contributed by atoms with van der Waals surface area (Å²) < 4.78 is 32.6. The van der Waals surface area contributed by atoms with Crippen LogP contribution in [0.2, 0.25) is 5.02 Å². The fourth-order valence-electron chi connectivity index (χ4n) is 2.40. The first kappa shape index (κ1) is 20.0. The van der Waals surface area contributed by atoms with Crippen LogP contribution < -0.4 is 10.1 Å². The lowest BCUT2D eigenvalue weighted by Gasteiger charge is -2.32. The van der Waals surface area contributed by atoms with E-state index in [0.717, 1.165) is 12.8 Å². The van der Waals surface area contributed by atoms with Gasteiger partial charge in [0.05, 0.1) is 17.0 Å². The minimum absolute atomic E-state index is 0. The Morgan fingerprint density at radius 1 is 1.45 bits per heavy atom. The quantitative estimate of drug-likeness (QED) is 0.792. The summed E-state index contributed by atoms with van der Waals surface area (Å²) in [7, 11) is -0.239. The number of hydrogen-bond donors (Lipinski definition) is 1. The molecule has 1 saturated heterocycles. The van der Waals surface area contributed by atoms with Crippen LogP contribution in [0, 0.1) is 0 Å². The highest BCUT2D eigenvalue weighted by Gasteiger charge is 2.31. The van der Waals surface area contributed by atoms with Crippen molar-refractivity contribution >= 4 is 50.0 Å². The van der Waals surface area contributed by atoms with Crippen LogP contribution in [-0.4, -0.2) is 46.0 Å². The highest BCUT2D eigenvalue weighted by molar-refractivity contribution is 9.10. The molecule has 0 aliphatic carbocycles. The van der Waals surface area contributed by atoms with Crippen molar-refractivity contribution in [3.63, 3.8) is 0 Å². The predicted octanol–water partition coefficient (Wildman–Crippen LogP) is 2.91. The molecule has 126 valence electrons. The summed E-state index contributed by atoms with van der Waals surface area (Å²) in [6, 6.07) is 3.19. The number of ether oxygens (including phenoxy) is 1. The lowest BCUT2D eigenvalue weighted by Crippen LogP contribution is -2.46. The van der Waals surface area contributed by atoms with Gasteiger partial charge in [0, 0.05) is 23.6 Å². The number of piperidine rings is 1. The van der Waals surface area contributed by atoms with Crippen molar-refractivity contribution in [1.29, 1.82) is 0 Å². The summed E-state index contributed by atoms with van der Waals surface area (Å²) in [5.74, 6) is 0.439. The minimum atomic E-state index is -3.58. The van der Waals surface area contributed by atoms with Crippen molar-refractivity contribution in [2.75, 3.05) is 27.2 Å².